The number of hydrogen-bond acceptors (Lipinski definition) is 1. The second kappa shape index (κ2) is 5.90. The Balaban J connectivity index is 2.23. The standard InChI is InChI=1S/C16H13BrFN/c1-3-12-5-4-6-14(9-12)19-11(2)15-10-13(17)7-8-16(15)18/h1,4-11,19H,2H3. The molecule has 0 amide bonds. The Morgan fingerprint density at radius 3 is 2.79 bits per heavy atom. The van der Waals surface area contributed by atoms with Gasteiger partial charge in [-0.05, 0) is 43.3 Å². The van der Waals surface area contributed by atoms with E-state index >= 15 is 0 Å². The van der Waals surface area contributed by atoms with Crippen LogP contribution in [0.15, 0.2) is 46.9 Å². The Hall–Kier alpha value is -1.79. The molecule has 1 atom stereocenters. The van der Waals surface area contributed by atoms with Gasteiger partial charge >= 0.3 is 0 Å². The number of rotatable bonds is 3. The van der Waals surface area contributed by atoms with Crippen LogP contribution in [0.1, 0.15) is 24.1 Å². The zero-order valence-corrected chi connectivity index (χ0v) is 12.0. The zero-order chi connectivity index (χ0) is 13.8. The van der Waals surface area contributed by atoms with Crippen LogP contribution in [0.25, 0.3) is 0 Å². The van der Waals surface area contributed by atoms with Crippen LogP contribution in [0.3, 0.4) is 0 Å². The lowest BCUT2D eigenvalue weighted by atomic mass is 10.1. The maximum absolute atomic E-state index is 13.8. The highest BCUT2D eigenvalue weighted by molar-refractivity contribution is 9.10. The van der Waals surface area contributed by atoms with Crippen LogP contribution in [0.2, 0.25) is 0 Å². The van der Waals surface area contributed by atoms with Crippen LogP contribution in [-0.2, 0) is 0 Å². The van der Waals surface area contributed by atoms with Crippen molar-refractivity contribution >= 4 is 21.6 Å². The molecule has 2 rings (SSSR count). The monoisotopic (exact) mass is 317 g/mol. The summed E-state index contributed by atoms with van der Waals surface area (Å²) in [6, 6.07) is 12.3. The van der Waals surface area contributed by atoms with Crippen LogP contribution >= 0.6 is 15.9 Å². The van der Waals surface area contributed by atoms with Crippen molar-refractivity contribution in [2.45, 2.75) is 13.0 Å². The van der Waals surface area contributed by atoms with Crippen molar-refractivity contribution in [3.05, 3.63) is 63.9 Å². The molecule has 2 aromatic rings. The van der Waals surface area contributed by atoms with E-state index in [1.54, 1.807) is 12.1 Å². The van der Waals surface area contributed by atoms with Crippen LogP contribution in [-0.4, -0.2) is 0 Å². The average molecular weight is 318 g/mol. The van der Waals surface area contributed by atoms with E-state index in [2.05, 4.69) is 27.2 Å². The lowest BCUT2D eigenvalue weighted by Crippen LogP contribution is -2.08. The van der Waals surface area contributed by atoms with Crippen molar-refractivity contribution in [1.82, 2.24) is 0 Å². The molecule has 0 spiro atoms. The van der Waals surface area contributed by atoms with E-state index in [1.807, 2.05) is 31.2 Å². The smallest absolute Gasteiger partial charge is 0.128 e. The Morgan fingerprint density at radius 2 is 2.05 bits per heavy atom. The molecule has 0 radical (unpaired) electrons. The minimum absolute atomic E-state index is 0.148. The van der Waals surface area contributed by atoms with Crippen LogP contribution in [0.4, 0.5) is 10.1 Å². The topological polar surface area (TPSA) is 12.0 Å². The third-order valence-corrected chi connectivity index (χ3v) is 3.33. The number of anilines is 1. The summed E-state index contributed by atoms with van der Waals surface area (Å²) in [6.07, 6.45) is 5.36. The van der Waals surface area contributed by atoms with Crippen LogP contribution in [0, 0.1) is 18.2 Å². The van der Waals surface area contributed by atoms with Crippen molar-refractivity contribution in [2.75, 3.05) is 5.32 Å². The van der Waals surface area contributed by atoms with Gasteiger partial charge in [-0.3, -0.25) is 0 Å². The minimum Gasteiger partial charge on any atom is -0.378 e. The molecule has 3 heteroatoms. The fourth-order valence-corrected chi connectivity index (χ4v) is 2.25. The summed E-state index contributed by atoms with van der Waals surface area (Å²) < 4.78 is 14.6. The first-order valence-corrected chi connectivity index (χ1v) is 6.67. The number of hydrogen-bond donors (Lipinski definition) is 1. The molecule has 0 aliphatic carbocycles. The Labute approximate surface area is 121 Å². The molecule has 0 aliphatic rings. The van der Waals surface area contributed by atoms with E-state index in [0.717, 1.165) is 15.7 Å². The summed E-state index contributed by atoms with van der Waals surface area (Å²) in [7, 11) is 0. The molecule has 0 saturated heterocycles. The van der Waals surface area contributed by atoms with Gasteiger partial charge < -0.3 is 5.32 Å². The quantitative estimate of drug-likeness (QED) is 0.806. The van der Waals surface area contributed by atoms with Gasteiger partial charge in [0.25, 0.3) is 0 Å². The second-order valence-corrected chi connectivity index (χ2v) is 5.17. The van der Waals surface area contributed by atoms with Gasteiger partial charge in [-0.1, -0.05) is 27.9 Å². The maximum atomic E-state index is 13.8. The molecule has 0 heterocycles. The summed E-state index contributed by atoms with van der Waals surface area (Å²) in [6.45, 7) is 1.91. The van der Waals surface area contributed by atoms with Crippen LogP contribution in [0.5, 0.6) is 0 Å². The van der Waals surface area contributed by atoms with Crippen molar-refractivity contribution in [3.63, 3.8) is 0 Å². The first-order chi connectivity index (χ1) is 9.10. The molecule has 0 saturated carbocycles. The molecular formula is C16H13BrFN. The van der Waals surface area contributed by atoms with Crippen molar-refractivity contribution in [2.24, 2.45) is 0 Å². The van der Waals surface area contributed by atoms with Crippen molar-refractivity contribution < 1.29 is 4.39 Å². The SMILES string of the molecule is C#Cc1cccc(NC(C)c2cc(Br)ccc2F)c1. The fraction of sp³-hybridized carbons (Fsp3) is 0.125. The largest absolute Gasteiger partial charge is 0.378 e. The van der Waals surface area contributed by atoms with Gasteiger partial charge in [0.05, 0.1) is 6.04 Å². The van der Waals surface area contributed by atoms with Gasteiger partial charge in [-0.15, -0.1) is 6.42 Å². The average Bonchev–Trinajstić information content (AvgIpc) is 2.41. The van der Waals surface area contributed by atoms with Gasteiger partial charge in [-0.2, -0.15) is 0 Å². The summed E-state index contributed by atoms with van der Waals surface area (Å²) in [4.78, 5) is 0. The molecule has 1 nitrogen and oxygen atoms in total. The Kier molecular flexibility index (Phi) is 4.24. The Bertz CT molecular complexity index is 631. The minimum atomic E-state index is -0.226. The second-order valence-electron chi connectivity index (χ2n) is 4.26. The molecule has 1 unspecified atom stereocenters. The molecule has 0 aromatic heterocycles. The van der Waals surface area contributed by atoms with E-state index in [-0.39, 0.29) is 11.9 Å². The molecule has 96 valence electrons. The first kappa shape index (κ1) is 13.6. The zero-order valence-electron chi connectivity index (χ0n) is 10.5. The van der Waals surface area contributed by atoms with Gasteiger partial charge in [-0.25, -0.2) is 4.39 Å². The molecule has 0 aliphatic heterocycles. The normalized spacial score (nSPS) is 11.7. The van der Waals surface area contributed by atoms with Crippen molar-refractivity contribution in [1.29, 1.82) is 0 Å². The molecule has 2 aromatic carbocycles. The first-order valence-electron chi connectivity index (χ1n) is 5.88. The van der Waals surface area contributed by atoms with E-state index < -0.39 is 0 Å². The number of nitrogens with one attached hydrogen (secondary N) is 1. The highest BCUT2D eigenvalue weighted by Crippen LogP contribution is 2.25. The summed E-state index contributed by atoms with van der Waals surface area (Å²) in [5, 5.41) is 3.24. The number of benzene rings is 2. The van der Waals surface area contributed by atoms with Gasteiger partial charge in [0.1, 0.15) is 5.82 Å². The van der Waals surface area contributed by atoms with Gasteiger partial charge in [0.15, 0.2) is 0 Å². The fourth-order valence-electron chi connectivity index (χ4n) is 1.87. The van der Waals surface area contributed by atoms with E-state index in [1.165, 1.54) is 6.07 Å². The lowest BCUT2D eigenvalue weighted by molar-refractivity contribution is 0.600. The summed E-state index contributed by atoms with van der Waals surface area (Å²) >= 11 is 3.35. The predicted molar refractivity (Wildman–Crippen MR) is 80.5 cm³/mol. The summed E-state index contributed by atoms with van der Waals surface area (Å²) in [5.74, 6) is 2.35. The third kappa shape index (κ3) is 3.36. The summed E-state index contributed by atoms with van der Waals surface area (Å²) in [5.41, 5.74) is 2.29. The third-order valence-electron chi connectivity index (χ3n) is 2.84. The van der Waals surface area contributed by atoms with E-state index in [0.29, 0.717) is 5.56 Å². The maximum Gasteiger partial charge on any atom is 0.128 e. The lowest BCUT2D eigenvalue weighted by Gasteiger charge is -2.17. The number of terminal acetylenes is 1. The van der Waals surface area contributed by atoms with Crippen molar-refractivity contribution in [3.8, 4) is 12.3 Å². The van der Waals surface area contributed by atoms with Crippen LogP contribution < -0.4 is 5.32 Å². The molecule has 19 heavy (non-hydrogen) atoms. The molecule has 0 fully saturated rings. The molecule has 0 bridgehead atoms. The van der Waals surface area contributed by atoms with Gasteiger partial charge in [0.2, 0.25) is 0 Å². The molecular weight excluding hydrogens is 305 g/mol. The number of halogens is 2. The highest BCUT2D eigenvalue weighted by Gasteiger charge is 2.11. The molecule has 1 N–H and O–H groups in total. The van der Waals surface area contributed by atoms with Gasteiger partial charge in [0, 0.05) is 21.3 Å². The highest BCUT2D eigenvalue weighted by atomic mass is 79.9. The Morgan fingerprint density at radius 1 is 1.26 bits per heavy atom. The van der Waals surface area contributed by atoms with E-state index in [9.17, 15) is 4.39 Å². The predicted octanol–water partition coefficient (Wildman–Crippen LogP) is 4.74. The van der Waals surface area contributed by atoms with E-state index in [4.69, 9.17) is 6.42 Å².